The Bertz CT molecular complexity index is 894. The molecule has 0 bridgehead atoms. The first kappa shape index (κ1) is 21.7. The summed E-state index contributed by atoms with van der Waals surface area (Å²) in [5, 5.41) is 0. The number of rotatable bonds is 5. The zero-order chi connectivity index (χ0) is 21.4. The van der Waals surface area contributed by atoms with Gasteiger partial charge in [-0.25, -0.2) is 4.79 Å². The fourth-order valence-electron chi connectivity index (χ4n) is 2.10. The molecule has 2 amide bonds. The number of hydrazine groups is 1. The molecular formula is C20H17F3N2O4. The van der Waals surface area contributed by atoms with Gasteiger partial charge in [0.05, 0.1) is 5.56 Å². The summed E-state index contributed by atoms with van der Waals surface area (Å²) < 4.78 is 42.4. The highest BCUT2D eigenvalue weighted by molar-refractivity contribution is 5.96. The first-order chi connectivity index (χ1) is 13.7. The number of hydrogen-bond acceptors (Lipinski definition) is 4. The second-order valence-electron chi connectivity index (χ2n) is 5.84. The molecule has 0 spiro atoms. The second-order valence-corrected chi connectivity index (χ2v) is 5.84. The highest BCUT2D eigenvalue weighted by Crippen LogP contribution is 2.29. The molecule has 0 saturated carbocycles. The van der Waals surface area contributed by atoms with Gasteiger partial charge in [-0.2, -0.15) is 13.2 Å². The van der Waals surface area contributed by atoms with E-state index in [1.807, 2.05) is 0 Å². The van der Waals surface area contributed by atoms with E-state index in [2.05, 4.69) is 10.9 Å². The van der Waals surface area contributed by atoms with Crippen molar-refractivity contribution in [1.82, 2.24) is 10.9 Å². The summed E-state index contributed by atoms with van der Waals surface area (Å²) in [6, 6.07) is 12.3. The van der Waals surface area contributed by atoms with E-state index in [4.69, 9.17) is 4.74 Å². The maximum atomic E-state index is 12.5. The van der Waals surface area contributed by atoms with Crippen molar-refractivity contribution in [3.8, 4) is 0 Å². The van der Waals surface area contributed by atoms with Gasteiger partial charge >= 0.3 is 12.1 Å². The molecule has 0 unspecified atom stereocenters. The lowest BCUT2D eigenvalue weighted by atomic mass is 10.1. The predicted octanol–water partition coefficient (Wildman–Crippen LogP) is 3.11. The molecule has 9 heteroatoms. The zero-order valence-electron chi connectivity index (χ0n) is 15.2. The summed E-state index contributed by atoms with van der Waals surface area (Å²) in [6.45, 7) is 1.30. The number of carbonyl (C=O) groups excluding carboxylic acids is 3. The quantitative estimate of drug-likeness (QED) is 0.454. The highest BCUT2D eigenvalue weighted by atomic mass is 19.4. The highest BCUT2D eigenvalue weighted by Gasteiger charge is 2.29. The molecule has 0 aliphatic carbocycles. The van der Waals surface area contributed by atoms with Gasteiger partial charge in [-0.05, 0) is 42.8 Å². The van der Waals surface area contributed by atoms with E-state index in [0.29, 0.717) is 11.1 Å². The Morgan fingerprint density at radius 3 is 2.17 bits per heavy atom. The molecule has 0 aromatic heterocycles. The maximum absolute atomic E-state index is 12.5. The first-order valence-corrected chi connectivity index (χ1v) is 8.38. The van der Waals surface area contributed by atoms with E-state index < -0.39 is 35.6 Å². The van der Waals surface area contributed by atoms with Crippen LogP contribution in [0, 0.1) is 0 Å². The van der Waals surface area contributed by atoms with Crippen molar-refractivity contribution in [1.29, 1.82) is 0 Å². The van der Waals surface area contributed by atoms with Crippen molar-refractivity contribution < 1.29 is 32.3 Å². The van der Waals surface area contributed by atoms with Crippen LogP contribution in [-0.4, -0.2) is 23.9 Å². The summed E-state index contributed by atoms with van der Waals surface area (Å²) in [4.78, 5) is 35.5. The largest absolute Gasteiger partial charge is 0.449 e. The van der Waals surface area contributed by atoms with E-state index >= 15 is 0 Å². The fraction of sp³-hybridized carbons (Fsp3) is 0.150. The lowest BCUT2D eigenvalue weighted by Crippen LogP contribution is -2.46. The fourth-order valence-corrected chi connectivity index (χ4v) is 2.10. The third-order valence-electron chi connectivity index (χ3n) is 3.65. The topological polar surface area (TPSA) is 84.5 Å². The Balaban J connectivity index is 1.82. The molecule has 2 N–H and O–H groups in total. The molecule has 1 atom stereocenters. The number of nitrogens with one attached hydrogen (secondary N) is 2. The molecule has 0 heterocycles. The predicted molar refractivity (Wildman–Crippen MR) is 98.1 cm³/mol. The SMILES string of the molecule is C[C@@H](OC(=O)/C=C/c1ccc(C(F)(F)F)cc1)C(=O)NNC(=O)c1ccccc1. The lowest BCUT2D eigenvalue weighted by molar-refractivity contribution is -0.150. The van der Waals surface area contributed by atoms with Gasteiger partial charge in [0, 0.05) is 11.6 Å². The lowest BCUT2D eigenvalue weighted by Gasteiger charge is -2.13. The van der Waals surface area contributed by atoms with E-state index in [1.165, 1.54) is 25.1 Å². The van der Waals surface area contributed by atoms with Crippen LogP contribution >= 0.6 is 0 Å². The Kier molecular flexibility index (Phi) is 7.13. The summed E-state index contributed by atoms with van der Waals surface area (Å²) in [7, 11) is 0. The second kappa shape index (κ2) is 9.54. The number of halogens is 3. The average molecular weight is 406 g/mol. The number of amides is 2. The van der Waals surface area contributed by atoms with Gasteiger partial charge in [0.25, 0.3) is 11.8 Å². The molecule has 0 aliphatic heterocycles. The van der Waals surface area contributed by atoms with Crippen LogP contribution < -0.4 is 10.9 Å². The van der Waals surface area contributed by atoms with Crippen LogP contribution in [0.1, 0.15) is 28.4 Å². The standard InChI is InChI=1S/C20H17F3N2O4/c1-13(18(27)24-25-19(28)15-5-3-2-4-6-15)29-17(26)12-9-14-7-10-16(11-8-14)20(21,22)23/h2-13H,1H3,(H,24,27)(H,25,28)/b12-9+/t13-/m1/s1. The van der Waals surface area contributed by atoms with Crippen LogP contribution in [0.5, 0.6) is 0 Å². The van der Waals surface area contributed by atoms with Crippen LogP contribution in [0.25, 0.3) is 6.08 Å². The normalized spacial score (nSPS) is 12.3. The minimum atomic E-state index is -4.44. The number of carbonyl (C=O) groups is 3. The van der Waals surface area contributed by atoms with Crippen molar-refractivity contribution in [3.63, 3.8) is 0 Å². The Hall–Kier alpha value is -3.62. The van der Waals surface area contributed by atoms with Crippen LogP contribution in [0.15, 0.2) is 60.7 Å². The van der Waals surface area contributed by atoms with Crippen molar-refractivity contribution in [2.24, 2.45) is 0 Å². The zero-order valence-corrected chi connectivity index (χ0v) is 15.2. The summed E-state index contributed by atoms with van der Waals surface area (Å²) in [5.74, 6) is -2.17. The van der Waals surface area contributed by atoms with E-state index in [1.54, 1.807) is 30.3 Å². The van der Waals surface area contributed by atoms with Crippen LogP contribution in [0.3, 0.4) is 0 Å². The van der Waals surface area contributed by atoms with Crippen molar-refractivity contribution in [2.45, 2.75) is 19.2 Å². The number of hydrogen-bond donors (Lipinski definition) is 2. The molecular weight excluding hydrogens is 389 g/mol. The smallest absolute Gasteiger partial charge is 0.416 e. The van der Waals surface area contributed by atoms with Crippen LogP contribution in [-0.2, 0) is 20.5 Å². The molecule has 2 rings (SSSR count). The summed E-state index contributed by atoms with van der Waals surface area (Å²) in [5.41, 5.74) is 4.20. The molecule has 0 saturated heterocycles. The third kappa shape index (κ3) is 6.80. The maximum Gasteiger partial charge on any atom is 0.416 e. The Morgan fingerprint density at radius 2 is 1.59 bits per heavy atom. The molecule has 2 aromatic carbocycles. The number of benzene rings is 2. The molecule has 29 heavy (non-hydrogen) atoms. The third-order valence-corrected chi connectivity index (χ3v) is 3.65. The van der Waals surface area contributed by atoms with Crippen molar-refractivity contribution in [2.75, 3.05) is 0 Å². The number of ether oxygens (including phenoxy) is 1. The van der Waals surface area contributed by atoms with Gasteiger partial charge in [-0.1, -0.05) is 30.3 Å². The summed E-state index contributed by atoms with van der Waals surface area (Å²) in [6.07, 6.45) is -3.42. The molecule has 152 valence electrons. The number of esters is 1. The van der Waals surface area contributed by atoms with E-state index in [0.717, 1.165) is 18.2 Å². The van der Waals surface area contributed by atoms with Gasteiger partial charge in [0.15, 0.2) is 6.10 Å². The van der Waals surface area contributed by atoms with Gasteiger partial charge < -0.3 is 4.74 Å². The average Bonchev–Trinajstić information content (AvgIpc) is 2.70. The van der Waals surface area contributed by atoms with Crippen molar-refractivity contribution >= 4 is 23.9 Å². The minimum absolute atomic E-state index is 0.330. The van der Waals surface area contributed by atoms with E-state index in [-0.39, 0.29) is 0 Å². The molecule has 0 fully saturated rings. The molecule has 6 nitrogen and oxygen atoms in total. The van der Waals surface area contributed by atoms with Gasteiger partial charge in [0.2, 0.25) is 0 Å². The van der Waals surface area contributed by atoms with Crippen molar-refractivity contribution in [3.05, 3.63) is 77.4 Å². The van der Waals surface area contributed by atoms with E-state index in [9.17, 15) is 27.6 Å². The van der Waals surface area contributed by atoms with Crippen LogP contribution in [0.2, 0.25) is 0 Å². The Morgan fingerprint density at radius 1 is 0.966 bits per heavy atom. The van der Waals surface area contributed by atoms with Gasteiger partial charge in [-0.15, -0.1) is 0 Å². The van der Waals surface area contributed by atoms with Crippen LogP contribution in [0.4, 0.5) is 13.2 Å². The molecule has 0 aliphatic rings. The number of alkyl halides is 3. The monoisotopic (exact) mass is 406 g/mol. The Labute approximate surface area is 164 Å². The summed E-state index contributed by atoms with van der Waals surface area (Å²) >= 11 is 0. The minimum Gasteiger partial charge on any atom is -0.449 e. The first-order valence-electron chi connectivity index (χ1n) is 8.38. The molecule has 2 aromatic rings. The van der Waals surface area contributed by atoms with Gasteiger partial charge in [0.1, 0.15) is 0 Å². The van der Waals surface area contributed by atoms with Gasteiger partial charge in [-0.3, -0.25) is 20.4 Å². The molecule has 0 radical (unpaired) electrons.